The maximum absolute atomic E-state index is 12.4. The van der Waals surface area contributed by atoms with Gasteiger partial charge in [0.1, 0.15) is 0 Å². The van der Waals surface area contributed by atoms with Crippen LogP contribution in [0, 0.1) is 0 Å². The number of nitrogens with zero attached hydrogens (tertiary/aromatic N) is 2. The quantitative estimate of drug-likeness (QED) is 0.787. The van der Waals surface area contributed by atoms with Gasteiger partial charge in [-0.2, -0.15) is 13.9 Å². The van der Waals surface area contributed by atoms with Crippen LogP contribution in [0.4, 0.5) is 23.4 Å². The van der Waals surface area contributed by atoms with Crippen LogP contribution in [0.25, 0.3) is 0 Å². The lowest BCUT2D eigenvalue weighted by atomic mass is 10.3. The Balaban J connectivity index is 2.71. The molecule has 1 amide bonds. The zero-order valence-corrected chi connectivity index (χ0v) is 7.55. The molecule has 0 unspecified atom stereocenters. The number of amides is 1. The summed E-state index contributed by atoms with van der Waals surface area (Å²) in [6.45, 7) is 0. The third-order valence-corrected chi connectivity index (χ3v) is 1.53. The van der Waals surface area contributed by atoms with Crippen molar-refractivity contribution in [2.24, 2.45) is 7.05 Å². The van der Waals surface area contributed by atoms with E-state index in [0.29, 0.717) is 0 Å². The third-order valence-electron chi connectivity index (χ3n) is 1.53. The first-order valence-electron chi connectivity index (χ1n) is 3.81. The van der Waals surface area contributed by atoms with Gasteiger partial charge in [-0.05, 0) is 0 Å². The fourth-order valence-electron chi connectivity index (χ4n) is 0.780. The fraction of sp³-hybridized carbons (Fsp3) is 0.429. The fourth-order valence-corrected chi connectivity index (χ4v) is 0.780. The highest BCUT2D eigenvalue weighted by atomic mass is 19.3. The van der Waals surface area contributed by atoms with Gasteiger partial charge in [-0.15, -0.1) is 0 Å². The third kappa shape index (κ3) is 2.45. The van der Waals surface area contributed by atoms with Gasteiger partial charge in [-0.25, -0.2) is 8.78 Å². The maximum Gasteiger partial charge on any atom is 0.383 e. The largest absolute Gasteiger partial charge is 0.383 e. The molecule has 4 nitrogen and oxygen atoms in total. The van der Waals surface area contributed by atoms with Crippen molar-refractivity contribution in [3.05, 3.63) is 12.3 Å². The van der Waals surface area contributed by atoms with Crippen molar-refractivity contribution in [1.82, 2.24) is 9.78 Å². The average molecular weight is 225 g/mol. The topological polar surface area (TPSA) is 46.9 Å². The second-order valence-corrected chi connectivity index (χ2v) is 2.75. The molecule has 0 saturated heterocycles. The molecule has 0 aliphatic carbocycles. The number of hydrogen-bond donors (Lipinski definition) is 1. The van der Waals surface area contributed by atoms with E-state index in [2.05, 4.69) is 5.10 Å². The van der Waals surface area contributed by atoms with Crippen LogP contribution in [-0.4, -0.2) is 28.0 Å². The van der Waals surface area contributed by atoms with E-state index in [0.717, 1.165) is 0 Å². The van der Waals surface area contributed by atoms with Gasteiger partial charge in [-0.1, -0.05) is 0 Å². The van der Waals surface area contributed by atoms with Crippen molar-refractivity contribution in [2.75, 3.05) is 5.32 Å². The lowest BCUT2D eigenvalue weighted by Crippen LogP contribution is -2.41. The standard InChI is InChI=1S/C7H7F4N3O/c1-14-3-2-4(13-14)12-6(15)7(10,11)5(8)9/h2-3,5H,1H3,(H,12,13,15). The van der Waals surface area contributed by atoms with E-state index in [1.54, 1.807) is 5.32 Å². The summed E-state index contributed by atoms with van der Waals surface area (Å²) < 4.78 is 49.6. The first-order chi connectivity index (χ1) is 6.84. The summed E-state index contributed by atoms with van der Waals surface area (Å²) in [7, 11) is 1.49. The molecule has 1 rings (SSSR count). The second-order valence-electron chi connectivity index (χ2n) is 2.75. The Morgan fingerprint density at radius 1 is 1.60 bits per heavy atom. The van der Waals surface area contributed by atoms with Crippen LogP contribution in [0.3, 0.4) is 0 Å². The number of anilines is 1. The Kier molecular flexibility index (Phi) is 2.96. The molecule has 0 spiro atoms. The smallest absolute Gasteiger partial charge is 0.304 e. The molecule has 0 aliphatic rings. The molecular weight excluding hydrogens is 218 g/mol. The molecule has 0 atom stereocenters. The number of carbonyl (C=O) groups excluding carboxylic acids is 1. The number of hydrogen-bond acceptors (Lipinski definition) is 2. The van der Waals surface area contributed by atoms with Crippen molar-refractivity contribution in [3.8, 4) is 0 Å². The van der Waals surface area contributed by atoms with Crippen LogP contribution in [-0.2, 0) is 11.8 Å². The van der Waals surface area contributed by atoms with E-state index in [9.17, 15) is 22.4 Å². The molecule has 0 bridgehead atoms. The second kappa shape index (κ2) is 3.87. The molecule has 1 heterocycles. The number of aromatic nitrogens is 2. The Hall–Kier alpha value is -1.60. The highest BCUT2D eigenvalue weighted by Crippen LogP contribution is 2.24. The predicted molar refractivity (Wildman–Crippen MR) is 42.8 cm³/mol. The molecule has 1 aromatic heterocycles. The van der Waals surface area contributed by atoms with Crippen LogP contribution >= 0.6 is 0 Å². The molecule has 8 heteroatoms. The van der Waals surface area contributed by atoms with E-state index >= 15 is 0 Å². The van der Waals surface area contributed by atoms with Gasteiger partial charge in [0.25, 0.3) is 0 Å². The summed E-state index contributed by atoms with van der Waals surface area (Å²) in [6.07, 6.45) is -2.67. The normalized spacial score (nSPS) is 11.9. The minimum atomic E-state index is -4.71. The lowest BCUT2D eigenvalue weighted by molar-refractivity contribution is -0.163. The molecule has 0 aromatic carbocycles. The summed E-state index contributed by atoms with van der Waals surface area (Å²) >= 11 is 0. The molecule has 0 aliphatic heterocycles. The van der Waals surface area contributed by atoms with Gasteiger partial charge in [0.2, 0.25) is 0 Å². The number of nitrogens with one attached hydrogen (secondary N) is 1. The number of aryl methyl sites for hydroxylation is 1. The predicted octanol–water partition coefficient (Wildman–Crippen LogP) is 1.26. The minimum Gasteiger partial charge on any atom is -0.304 e. The van der Waals surface area contributed by atoms with Crippen LogP contribution in [0.15, 0.2) is 12.3 Å². The first kappa shape index (κ1) is 11.5. The summed E-state index contributed by atoms with van der Waals surface area (Å²) in [5.41, 5.74) is 0. The Labute approximate surface area is 81.9 Å². The Morgan fingerprint density at radius 2 is 2.20 bits per heavy atom. The van der Waals surface area contributed by atoms with E-state index < -0.39 is 18.3 Å². The van der Waals surface area contributed by atoms with Crippen molar-refractivity contribution in [3.63, 3.8) is 0 Å². The monoisotopic (exact) mass is 225 g/mol. The zero-order valence-electron chi connectivity index (χ0n) is 7.55. The highest BCUT2D eigenvalue weighted by molar-refractivity contribution is 5.95. The SMILES string of the molecule is Cn1ccc(NC(=O)C(F)(F)C(F)F)n1. The van der Waals surface area contributed by atoms with Crippen LogP contribution < -0.4 is 5.32 Å². The van der Waals surface area contributed by atoms with Gasteiger partial charge in [0.15, 0.2) is 5.82 Å². The average Bonchev–Trinajstić information content (AvgIpc) is 2.50. The summed E-state index contributed by atoms with van der Waals surface area (Å²) in [5.74, 6) is -6.99. The van der Waals surface area contributed by atoms with Gasteiger partial charge in [-0.3, -0.25) is 9.48 Å². The van der Waals surface area contributed by atoms with Crippen molar-refractivity contribution in [1.29, 1.82) is 0 Å². The van der Waals surface area contributed by atoms with Crippen LogP contribution in [0.5, 0.6) is 0 Å². The van der Waals surface area contributed by atoms with Crippen LogP contribution in [0.2, 0.25) is 0 Å². The summed E-state index contributed by atoms with van der Waals surface area (Å²) in [6, 6.07) is 1.21. The number of alkyl halides is 4. The molecule has 15 heavy (non-hydrogen) atoms. The molecule has 0 radical (unpaired) electrons. The van der Waals surface area contributed by atoms with Crippen molar-refractivity contribution in [2.45, 2.75) is 12.3 Å². The van der Waals surface area contributed by atoms with Crippen molar-refractivity contribution >= 4 is 11.7 Å². The molecule has 1 N–H and O–H groups in total. The molecule has 0 saturated carbocycles. The van der Waals surface area contributed by atoms with Gasteiger partial charge < -0.3 is 5.32 Å². The van der Waals surface area contributed by atoms with Crippen LogP contribution in [0.1, 0.15) is 0 Å². The van der Waals surface area contributed by atoms with Gasteiger partial charge in [0, 0.05) is 19.3 Å². The van der Waals surface area contributed by atoms with E-state index in [-0.39, 0.29) is 5.82 Å². The number of rotatable bonds is 3. The van der Waals surface area contributed by atoms with E-state index in [1.807, 2.05) is 0 Å². The lowest BCUT2D eigenvalue weighted by Gasteiger charge is -2.13. The highest BCUT2D eigenvalue weighted by Gasteiger charge is 2.49. The molecule has 84 valence electrons. The molecule has 1 aromatic rings. The summed E-state index contributed by atoms with van der Waals surface area (Å²) in [5, 5.41) is 5.11. The first-order valence-corrected chi connectivity index (χ1v) is 3.81. The van der Waals surface area contributed by atoms with E-state index in [1.165, 1.54) is 24.0 Å². The number of carbonyl (C=O) groups is 1. The van der Waals surface area contributed by atoms with E-state index in [4.69, 9.17) is 0 Å². The van der Waals surface area contributed by atoms with Gasteiger partial charge >= 0.3 is 18.3 Å². The Morgan fingerprint density at radius 3 is 2.60 bits per heavy atom. The molecule has 0 fully saturated rings. The zero-order chi connectivity index (χ0) is 11.6. The van der Waals surface area contributed by atoms with Crippen molar-refractivity contribution < 1.29 is 22.4 Å². The Bertz CT molecular complexity index is 363. The van der Waals surface area contributed by atoms with Gasteiger partial charge in [0.05, 0.1) is 0 Å². The number of halogens is 4. The summed E-state index contributed by atoms with van der Waals surface area (Å²) in [4.78, 5) is 10.7. The maximum atomic E-state index is 12.4. The molecular formula is C7H7F4N3O. The minimum absolute atomic E-state index is 0.206.